The van der Waals surface area contributed by atoms with Gasteiger partial charge in [0.25, 0.3) is 0 Å². The van der Waals surface area contributed by atoms with E-state index in [-0.39, 0.29) is 25.7 Å². The summed E-state index contributed by atoms with van der Waals surface area (Å²) in [4.78, 5) is 13.5. The van der Waals surface area contributed by atoms with Crippen molar-refractivity contribution in [1.29, 1.82) is 0 Å². The summed E-state index contributed by atoms with van der Waals surface area (Å²) in [5.41, 5.74) is 2.22. The second kappa shape index (κ2) is 8.63. The van der Waals surface area contributed by atoms with Crippen LogP contribution in [0.4, 0.5) is 0 Å². The monoisotopic (exact) mass is 266 g/mol. The quantitative estimate of drug-likeness (QED) is 0.614. The maximum absolute atomic E-state index is 11.7. The van der Waals surface area contributed by atoms with Gasteiger partial charge in [-0.15, -0.1) is 0 Å². The minimum Gasteiger partial charge on any atom is -0.395 e. The van der Waals surface area contributed by atoms with Crippen molar-refractivity contribution >= 4 is 5.91 Å². The number of carbonyl (C=O) groups is 1. The van der Waals surface area contributed by atoms with E-state index in [4.69, 9.17) is 10.2 Å². The molecule has 5 nitrogen and oxygen atoms in total. The molecule has 0 heterocycles. The van der Waals surface area contributed by atoms with Crippen LogP contribution < -0.4 is 5.32 Å². The molecular weight excluding hydrogens is 244 g/mol. The fourth-order valence-electron chi connectivity index (χ4n) is 1.83. The number of benzene rings is 1. The zero-order valence-electron chi connectivity index (χ0n) is 11.3. The fraction of sp³-hybridized carbons (Fsp3) is 0.500. The molecule has 106 valence electrons. The number of aliphatic hydroxyl groups is 2. The van der Waals surface area contributed by atoms with Gasteiger partial charge in [-0.2, -0.15) is 0 Å². The molecule has 0 aliphatic carbocycles. The van der Waals surface area contributed by atoms with E-state index in [0.29, 0.717) is 19.6 Å². The van der Waals surface area contributed by atoms with E-state index >= 15 is 0 Å². The molecule has 1 amide bonds. The van der Waals surface area contributed by atoms with Crippen LogP contribution in [-0.2, 0) is 11.3 Å². The number of aryl methyl sites for hydroxylation is 1. The molecule has 0 unspecified atom stereocenters. The van der Waals surface area contributed by atoms with Gasteiger partial charge in [0.15, 0.2) is 0 Å². The van der Waals surface area contributed by atoms with Gasteiger partial charge >= 0.3 is 0 Å². The molecule has 0 aromatic heterocycles. The smallest absolute Gasteiger partial charge is 0.234 e. The molecule has 5 heteroatoms. The van der Waals surface area contributed by atoms with Crippen molar-refractivity contribution in [2.24, 2.45) is 0 Å². The summed E-state index contributed by atoms with van der Waals surface area (Å²) in [6, 6.07) is 7.96. The predicted molar refractivity (Wildman–Crippen MR) is 73.6 cm³/mol. The summed E-state index contributed by atoms with van der Waals surface area (Å²) in [5.74, 6) is -0.108. The van der Waals surface area contributed by atoms with Crippen molar-refractivity contribution in [3.05, 3.63) is 35.4 Å². The maximum Gasteiger partial charge on any atom is 0.234 e. The zero-order chi connectivity index (χ0) is 14.1. The number of rotatable bonds is 8. The third-order valence-corrected chi connectivity index (χ3v) is 2.77. The number of amides is 1. The van der Waals surface area contributed by atoms with Gasteiger partial charge in [0.1, 0.15) is 0 Å². The van der Waals surface area contributed by atoms with Crippen molar-refractivity contribution in [3.63, 3.8) is 0 Å². The molecule has 0 aliphatic heterocycles. The van der Waals surface area contributed by atoms with E-state index in [1.54, 1.807) is 4.90 Å². The summed E-state index contributed by atoms with van der Waals surface area (Å²) in [5, 5.41) is 20.5. The van der Waals surface area contributed by atoms with Crippen LogP contribution in [0.2, 0.25) is 0 Å². The Kier molecular flexibility index (Phi) is 7.10. The molecule has 0 saturated carbocycles. The normalized spacial score (nSPS) is 10.7. The third-order valence-electron chi connectivity index (χ3n) is 2.77. The lowest BCUT2D eigenvalue weighted by Crippen LogP contribution is -2.39. The summed E-state index contributed by atoms with van der Waals surface area (Å²) >= 11 is 0. The molecule has 0 spiro atoms. The molecule has 0 fully saturated rings. The average molecular weight is 266 g/mol. The van der Waals surface area contributed by atoms with Gasteiger partial charge in [-0.1, -0.05) is 29.8 Å². The lowest BCUT2D eigenvalue weighted by molar-refractivity contribution is -0.122. The van der Waals surface area contributed by atoms with E-state index in [9.17, 15) is 4.79 Å². The van der Waals surface area contributed by atoms with Gasteiger partial charge in [0.2, 0.25) is 5.91 Å². The van der Waals surface area contributed by atoms with Crippen LogP contribution in [0, 0.1) is 6.92 Å². The predicted octanol–water partition coefficient (Wildman–Crippen LogP) is -0.102. The number of aliphatic hydroxyl groups excluding tert-OH is 2. The van der Waals surface area contributed by atoms with E-state index in [0.717, 1.165) is 11.1 Å². The first-order valence-electron chi connectivity index (χ1n) is 6.42. The molecule has 0 atom stereocenters. The Morgan fingerprint density at radius 3 is 2.53 bits per heavy atom. The third kappa shape index (κ3) is 6.33. The Morgan fingerprint density at radius 2 is 1.95 bits per heavy atom. The van der Waals surface area contributed by atoms with E-state index in [1.807, 2.05) is 31.2 Å². The molecule has 0 radical (unpaired) electrons. The largest absolute Gasteiger partial charge is 0.395 e. The van der Waals surface area contributed by atoms with Crippen molar-refractivity contribution in [2.75, 3.05) is 32.8 Å². The minimum absolute atomic E-state index is 0.0227. The lowest BCUT2D eigenvalue weighted by Gasteiger charge is -2.19. The molecule has 0 saturated heterocycles. The highest BCUT2D eigenvalue weighted by Gasteiger charge is 2.09. The average Bonchev–Trinajstić information content (AvgIpc) is 2.37. The van der Waals surface area contributed by atoms with Crippen molar-refractivity contribution in [2.45, 2.75) is 13.5 Å². The number of nitrogens with one attached hydrogen (secondary N) is 1. The van der Waals surface area contributed by atoms with Crippen LogP contribution in [0.25, 0.3) is 0 Å². The van der Waals surface area contributed by atoms with Crippen LogP contribution in [0.5, 0.6) is 0 Å². The maximum atomic E-state index is 11.7. The standard InChI is InChI=1S/C14H22N2O3/c1-12-3-2-4-13(9-12)10-15-14(19)11-16(5-7-17)6-8-18/h2-4,9,17-18H,5-8,10-11H2,1H3,(H,15,19). The molecule has 0 bridgehead atoms. The molecule has 0 aliphatic rings. The number of carbonyl (C=O) groups excluding carboxylic acids is 1. The van der Waals surface area contributed by atoms with E-state index < -0.39 is 0 Å². The second-order valence-corrected chi connectivity index (χ2v) is 4.49. The lowest BCUT2D eigenvalue weighted by atomic mass is 10.1. The summed E-state index contributed by atoms with van der Waals surface area (Å²) < 4.78 is 0. The van der Waals surface area contributed by atoms with Crippen molar-refractivity contribution in [1.82, 2.24) is 10.2 Å². The minimum atomic E-state index is -0.108. The number of hydrogen-bond donors (Lipinski definition) is 3. The van der Waals surface area contributed by atoms with Crippen molar-refractivity contribution < 1.29 is 15.0 Å². The van der Waals surface area contributed by atoms with Crippen LogP contribution in [0.15, 0.2) is 24.3 Å². The first-order chi connectivity index (χ1) is 9.15. The summed E-state index contributed by atoms with van der Waals surface area (Å²) in [6.45, 7) is 3.42. The Balaban J connectivity index is 2.37. The Hall–Kier alpha value is -1.43. The Morgan fingerprint density at radius 1 is 1.26 bits per heavy atom. The highest BCUT2D eigenvalue weighted by atomic mass is 16.3. The summed E-state index contributed by atoms with van der Waals surface area (Å²) in [7, 11) is 0. The van der Waals surface area contributed by atoms with E-state index in [2.05, 4.69) is 5.32 Å². The second-order valence-electron chi connectivity index (χ2n) is 4.49. The van der Waals surface area contributed by atoms with Crippen molar-refractivity contribution in [3.8, 4) is 0 Å². The van der Waals surface area contributed by atoms with Crippen LogP contribution in [-0.4, -0.2) is 53.9 Å². The van der Waals surface area contributed by atoms with Gasteiger partial charge in [-0.3, -0.25) is 9.69 Å². The molecule has 1 rings (SSSR count). The molecule has 19 heavy (non-hydrogen) atoms. The van der Waals surface area contributed by atoms with Gasteiger partial charge in [-0.05, 0) is 12.5 Å². The highest BCUT2D eigenvalue weighted by Crippen LogP contribution is 2.03. The first-order valence-corrected chi connectivity index (χ1v) is 6.42. The molecule has 1 aromatic carbocycles. The fourth-order valence-corrected chi connectivity index (χ4v) is 1.83. The van der Waals surface area contributed by atoms with Gasteiger partial charge in [-0.25, -0.2) is 0 Å². The highest BCUT2D eigenvalue weighted by molar-refractivity contribution is 5.78. The number of nitrogens with zero attached hydrogens (tertiary/aromatic N) is 1. The molecule has 1 aromatic rings. The first kappa shape index (κ1) is 15.6. The van der Waals surface area contributed by atoms with Crippen LogP contribution >= 0.6 is 0 Å². The molecule has 3 N–H and O–H groups in total. The SMILES string of the molecule is Cc1cccc(CNC(=O)CN(CCO)CCO)c1. The topological polar surface area (TPSA) is 72.8 Å². The zero-order valence-corrected chi connectivity index (χ0v) is 11.3. The summed E-state index contributed by atoms with van der Waals surface area (Å²) in [6.07, 6.45) is 0. The Labute approximate surface area is 113 Å². The van der Waals surface area contributed by atoms with Gasteiger partial charge < -0.3 is 15.5 Å². The Bertz CT molecular complexity index is 390. The van der Waals surface area contributed by atoms with Gasteiger partial charge in [0.05, 0.1) is 19.8 Å². The molecular formula is C14H22N2O3. The van der Waals surface area contributed by atoms with E-state index in [1.165, 1.54) is 0 Å². The number of hydrogen-bond acceptors (Lipinski definition) is 4. The van der Waals surface area contributed by atoms with Crippen LogP contribution in [0.3, 0.4) is 0 Å². The van der Waals surface area contributed by atoms with Gasteiger partial charge in [0, 0.05) is 19.6 Å². The van der Waals surface area contributed by atoms with Crippen LogP contribution in [0.1, 0.15) is 11.1 Å².